The average molecular weight is 264 g/mol. The molecule has 0 fully saturated rings. The van der Waals surface area contributed by atoms with E-state index in [4.69, 9.17) is 4.74 Å². The van der Waals surface area contributed by atoms with Crippen LogP contribution in [0, 0.1) is 11.6 Å². The molecule has 0 heterocycles. The van der Waals surface area contributed by atoms with Crippen LogP contribution in [0.4, 0.5) is 8.78 Å². The summed E-state index contributed by atoms with van der Waals surface area (Å²) in [6.45, 7) is 0.0759. The van der Waals surface area contributed by atoms with E-state index in [0.29, 0.717) is 5.75 Å². The first-order chi connectivity index (χ1) is 9.19. The maximum Gasteiger partial charge on any atom is 0.126 e. The first-order valence-corrected chi connectivity index (χ1v) is 5.93. The van der Waals surface area contributed by atoms with Crippen molar-refractivity contribution in [3.8, 4) is 5.75 Å². The topological polar surface area (TPSA) is 29.5 Å². The van der Waals surface area contributed by atoms with E-state index in [1.54, 1.807) is 24.3 Å². The van der Waals surface area contributed by atoms with Gasteiger partial charge in [-0.3, -0.25) is 0 Å². The van der Waals surface area contributed by atoms with Crippen LogP contribution in [0.1, 0.15) is 11.5 Å². The van der Waals surface area contributed by atoms with Crippen molar-refractivity contribution in [2.45, 2.75) is 5.92 Å². The lowest BCUT2D eigenvalue weighted by atomic mass is 10.0. The molecule has 0 spiro atoms. The van der Waals surface area contributed by atoms with Crippen LogP contribution in [-0.4, -0.2) is 18.3 Å². The van der Waals surface area contributed by atoms with Gasteiger partial charge in [0.1, 0.15) is 17.4 Å². The van der Waals surface area contributed by atoms with Crippen LogP contribution in [-0.2, 0) is 0 Å². The lowest BCUT2D eigenvalue weighted by molar-refractivity contribution is 0.204. The molecule has 2 aromatic rings. The Balaban J connectivity index is 2.01. The third-order valence-electron chi connectivity index (χ3n) is 2.81. The van der Waals surface area contributed by atoms with Gasteiger partial charge >= 0.3 is 0 Å². The summed E-state index contributed by atoms with van der Waals surface area (Å²) in [5, 5.41) is 9.33. The van der Waals surface area contributed by atoms with Crippen molar-refractivity contribution in [3.05, 3.63) is 65.7 Å². The molecule has 0 saturated carbocycles. The highest BCUT2D eigenvalue weighted by Gasteiger charge is 2.11. The van der Waals surface area contributed by atoms with E-state index in [2.05, 4.69) is 0 Å². The predicted octanol–water partition coefficient (Wildman–Crippen LogP) is 3.12. The monoisotopic (exact) mass is 264 g/mol. The Morgan fingerprint density at radius 1 is 1.00 bits per heavy atom. The molecule has 4 heteroatoms. The van der Waals surface area contributed by atoms with E-state index in [-0.39, 0.29) is 30.8 Å². The maximum absolute atomic E-state index is 13.0. The van der Waals surface area contributed by atoms with Crippen LogP contribution >= 0.6 is 0 Å². The van der Waals surface area contributed by atoms with Gasteiger partial charge in [-0.2, -0.15) is 0 Å². The molecule has 1 atom stereocenters. The Bertz CT molecular complexity index is 526. The summed E-state index contributed by atoms with van der Waals surface area (Å²) < 4.78 is 31.2. The minimum atomic E-state index is -0.375. The fourth-order valence-electron chi connectivity index (χ4n) is 1.74. The van der Waals surface area contributed by atoms with Crippen LogP contribution in [0.15, 0.2) is 48.5 Å². The summed E-state index contributed by atoms with van der Waals surface area (Å²) in [6, 6.07) is 11.7. The number of hydrogen-bond donors (Lipinski definition) is 1. The maximum atomic E-state index is 13.0. The highest BCUT2D eigenvalue weighted by molar-refractivity contribution is 5.24. The summed E-state index contributed by atoms with van der Waals surface area (Å²) in [5.41, 5.74) is 0.778. The lowest BCUT2D eigenvalue weighted by Crippen LogP contribution is -2.14. The molecular formula is C15H14F2O2. The second kappa shape index (κ2) is 6.29. The van der Waals surface area contributed by atoms with Gasteiger partial charge in [0.25, 0.3) is 0 Å². The molecule has 1 N–H and O–H groups in total. The van der Waals surface area contributed by atoms with Gasteiger partial charge in [0, 0.05) is 12.0 Å². The van der Waals surface area contributed by atoms with Crippen molar-refractivity contribution in [1.29, 1.82) is 0 Å². The van der Waals surface area contributed by atoms with Crippen LogP contribution in [0.5, 0.6) is 5.75 Å². The molecule has 2 aromatic carbocycles. The molecule has 0 amide bonds. The van der Waals surface area contributed by atoms with Crippen LogP contribution in [0.2, 0.25) is 0 Å². The summed E-state index contributed by atoms with van der Waals surface area (Å²) >= 11 is 0. The van der Waals surface area contributed by atoms with Crippen LogP contribution < -0.4 is 4.74 Å². The zero-order valence-electron chi connectivity index (χ0n) is 10.2. The molecule has 0 aliphatic heterocycles. The van der Waals surface area contributed by atoms with Gasteiger partial charge in [-0.15, -0.1) is 0 Å². The highest BCUT2D eigenvalue weighted by Crippen LogP contribution is 2.19. The fourth-order valence-corrected chi connectivity index (χ4v) is 1.74. The molecule has 0 aliphatic carbocycles. The summed E-state index contributed by atoms with van der Waals surface area (Å²) in [6.07, 6.45) is 0. The number of rotatable bonds is 5. The number of aliphatic hydroxyl groups excluding tert-OH is 1. The van der Waals surface area contributed by atoms with E-state index >= 15 is 0 Å². The molecule has 0 aromatic heterocycles. The highest BCUT2D eigenvalue weighted by atomic mass is 19.1. The van der Waals surface area contributed by atoms with Crippen molar-refractivity contribution >= 4 is 0 Å². The van der Waals surface area contributed by atoms with E-state index in [1.165, 1.54) is 24.3 Å². The Morgan fingerprint density at radius 3 is 2.37 bits per heavy atom. The van der Waals surface area contributed by atoms with Crippen molar-refractivity contribution in [3.63, 3.8) is 0 Å². The molecule has 0 saturated heterocycles. The van der Waals surface area contributed by atoms with Crippen molar-refractivity contribution in [2.75, 3.05) is 13.2 Å². The molecule has 0 radical (unpaired) electrons. The molecule has 2 rings (SSSR count). The van der Waals surface area contributed by atoms with Gasteiger partial charge in [0.15, 0.2) is 0 Å². The summed E-state index contributed by atoms with van der Waals surface area (Å²) in [4.78, 5) is 0. The quantitative estimate of drug-likeness (QED) is 0.899. The minimum Gasteiger partial charge on any atom is -0.493 e. The Labute approximate surface area is 110 Å². The summed E-state index contributed by atoms with van der Waals surface area (Å²) in [5.74, 6) is -0.573. The number of benzene rings is 2. The first-order valence-electron chi connectivity index (χ1n) is 5.93. The van der Waals surface area contributed by atoms with Crippen molar-refractivity contribution in [2.24, 2.45) is 0 Å². The zero-order chi connectivity index (χ0) is 13.7. The standard InChI is InChI=1S/C15H14F2O2/c16-13-6-4-11(5-7-13)12(9-18)10-19-15-3-1-2-14(17)8-15/h1-8,12,18H,9-10H2. The average Bonchev–Trinajstić information content (AvgIpc) is 2.41. The largest absolute Gasteiger partial charge is 0.493 e. The minimum absolute atomic E-state index is 0.124. The Morgan fingerprint density at radius 2 is 1.74 bits per heavy atom. The third-order valence-corrected chi connectivity index (χ3v) is 2.81. The van der Waals surface area contributed by atoms with E-state index in [1.807, 2.05) is 0 Å². The number of aliphatic hydroxyl groups is 1. The Hall–Kier alpha value is -1.94. The number of halogens is 2. The molecule has 100 valence electrons. The smallest absolute Gasteiger partial charge is 0.126 e. The van der Waals surface area contributed by atoms with Crippen molar-refractivity contribution < 1.29 is 18.6 Å². The number of hydrogen-bond acceptors (Lipinski definition) is 2. The van der Waals surface area contributed by atoms with Crippen LogP contribution in [0.25, 0.3) is 0 Å². The lowest BCUT2D eigenvalue weighted by Gasteiger charge is -2.15. The van der Waals surface area contributed by atoms with Gasteiger partial charge in [0.05, 0.1) is 13.2 Å². The van der Waals surface area contributed by atoms with E-state index in [0.717, 1.165) is 5.56 Å². The molecule has 0 bridgehead atoms. The fraction of sp³-hybridized carbons (Fsp3) is 0.200. The van der Waals surface area contributed by atoms with Gasteiger partial charge in [-0.1, -0.05) is 18.2 Å². The van der Waals surface area contributed by atoms with E-state index in [9.17, 15) is 13.9 Å². The predicted molar refractivity (Wildman–Crippen MR) is 68.1 cm³/mol. The third kappa shape index (κ3) is 3.76. The molecule has 0 aliphatic rings. The number of ether oxygens (including phenoxy) is 1. The van der Waals surface area contributed by atoms with Gasteiger partial charge in [-0.05, 0) is 29.8 Å². The van der Waals surface area contributed by atoms with Gasteiger partial charge in [0.2, 0.25) is 0 Å². The SMILES string of the molecule is OCC(COc1cccc(F)c1)c1ccc(F)cc1. The molecular weight excluding hydrogens is 250 g/mol. The molecule has 1 unspecified atom stereocenters. The Kier molecular flexibility index (Phi) is 4.47. The molecule has 2 nitrogen and oxygen atoms in total. The molecule has 19 heavy (non-hydrogen) atoms. The summed E-state index contributed by atoms with van der Waals surface area (Å²) in [7, 11) is 0. The van der Waals surface area contributed by atoms with Crippen molar-refractivity contribution in [1.82, 2.24) is 0 Å². The zero-order valence-corrected chi connectivity index (χ0v) is 10.2. The van der Waals surface area contributed by atoms with Gasteiger partial charge in [-0.25, -0.2) is 8.78 Å². The van der Waals surface area contributed by atoms with Crippen LogP contribution in [0.3, 0.4) is 0 Å². The normalized spacial score (nSPS) is 12.2. The van der Waals surface area contributed by atoms with Gasteiger partial charge < -0.3 is 9.84 Å². The van der Waals surface area contributed by atoms with E-state index < -0.39 is 0 Å². The first kappa shape index (κ1) is 13.5. The second-order valence-corrected chi connectivity index (χ2v) is 4.20. The second-order valence-electron chi connectivity index (χ2n) is 4.20.